The van der Waals surface area contributed by atoms with Crippen molar-refractivity contribution in [2.24, 2.45) is 5.92 Å². The van der Waals surface area contributed by atoms with E-state index in [1.54, 1.807) is 0 Å². The Kier molecular flexibility index (Phi) is 6.37. The molecule has 140 valence electrons. The highest BCUT2D eigenvalue weighted by Crippen LogP contribution is 2.30. The van der Waals surface area contributed by atoms with Gasteiger partial charge in [0.1, 0.15) is 12.4 Å². The van der Waals surface area contributed by atoms with E-state index in [1.165, 1.54) is 17.5 Å². The number of aliphatic hydroxyl groups excluding tert-OH is 1. The van der Waals surface area contributed by atoms with Crippen LogP contribution in [-0.4, -0.2) is 55.1 Å². The maximum Gasteiger partial charge on any atom is 0.119 e. The van der Waals surface area contributed by atoms with E-state index in [9.17, 15) is 5.11 Å². The summed E-state index contributed by atoms with van der Waals surface area (Å²) in [7, 11) is 0. The standard InChI is InChI=1S/C21H33NO3/c1-15(2)18-7-6-17(13-16(18)3)25-12-10-22-9-4-5-20(22)19-14-24-11-8-21(19)23/h6-7,13,15,19-21,23H,4-5,8-12,14H2,1-3H3/t19-,20+,21-/m0/s1. The second kappa shape index (κ2) is 8.52. The van der Waals surface area contributed by atoms with E-state index in [1.807, 2.05) is 0 Å². The Bertz CT molecular complexity index is 560. The summed E-state index contributed by atoms with van der Waals surface area (Å²) in [4.78, 5) is 2.48. The maximum atomic E-state index is 10.3. The van der Waals surface area contributed by atoms with Crippen molar-refractivity contribution in [2.75, 3.05) is 32.9 Å². The summed E-state index contributed by atoms with van der Waals surface area (Å²) >= 11 is 0. The summed E-state index contributed by atoms with van der Waals surface area (Å²) in [6, 6.07) is 6.85. The molecule has 4 heteroatoms. The lowest BCUT2D eigenvalue weighted by Gasteiger charge is -2.37. The Hall–Kier alpha value is -1.10. The van der Waals surface area contributed by atoms with Gasteiger partial charge in [-0.25, -0.2) is 0 Å². The van der Waals surface area contributed by atoms with E-state index in [-0.39, 0.29) is 12.0 Å². The van der Waals surface area contributed by atoms with E-state index in [4.69, 9.17) is 9.47 Å². The molecular formula is C21H33NO3. The molecule has 1 aromatic carbocycles. The van der Waals surface area contributed by atoms with Gasteiger partial charge in [0.05, 0.1) is 12.7 Å². The summed E-state index contributed by atoms with van der Waals surface area (Å²) in [6.07, 6.45) is 2.92. The van der Waals surface area contributed by atoms with Gasteiger partial charge in [0.2, 0.25) is 0 Å². The molecule has 3 rings (SSSR count). The van der Waals surface area contributed by atoms with E-state index < -0.39 is 0 Å². The summed E-state index contributed by atoms with van der Waals surface area (Å²) in [5.74, 6) is 1.76. The molecule has 25 heavy (non-hydrogen) atoms. The van der Waals surface area contributed by atoms with E-state index in [2.05, 4.69) is 43.9 Å². The topological polar surface area (TPSA) is 41.9 Å². The van der Waals surface area contributed by atoms with Crippen LogP contribution in [0.1, 0.15) is 50.2 Å². The molecule has 2 saturated heterocycles. The monoisotopic (exact) mass is 347 g/mol. The Labute approximate surface area is 152 Å². The number of hydrogen-bond donors (Lipinski definition) is 1. The molecule has 1 aromatic rings. The second-order valence-electron chi connectivity index (χ2n) is 7.86. The lowest BCUT2D eigenvalue weighted by atomic mass is 9.89. The van der Waals surface area contributed by atoms with E-state index >= 15 is 0 Å². The zero-order valence-electron chi connectivity index (χ0n) is 15.9. The number of likely N-dealkylation sites (tertiary alicyclic amines) is 1. The van der Waals surface area contributed by atoms with Gasteiger partial charge in [0, 0.05) is 25.1 Å². The molecule has 1 N–H and O–H groups in total. The Morgan fingerprint density at radius 3 is 2.88 bits per heavy atom. The first-order valence-electron chi connectivity index (χ1n) is 9.79. The third-order valence-corrected chi connectivity index (χ3v) is 5.78. The number of aliphatic hydroxyl groups is 1. The Balaban J connectivity index is 1.52. The summed E-state index contributed by atoms with van der Waals surface area (Å²) in [5, 5.41) is 10.3. The van der Waals surface area contributed by atoms with Crippen LogP contribution in [0, 0.1) is 12.8 Å². The van der Waals surface area contributed by atoms with Crippen molar-refractivity contribution in [3.8, 4) is 5.75 Å². The van der Waals surface area contributed by atoms with Crippen LogP contribution >= 0.6 is 0 Å². The number of aryl methyl sites for hydroxylation is 1. The number of nitrogens with zero attached hydrogens (tertiary/aromatic N) is 1. The number of benzene rings is 1. The number of rotatable bonds is 6. The minimum absolute atomic E-state index is 0.216. The molecule has 0 amide bonds. The Morgan fingerprint density at radius 1 is 1.32 bits per heavy atom. The van der Waals surface area contributed by atoms with Crippen LogP contribution in [-0.2, 0) is 4.74 Å². The smallest absolute Gasteiger partial charge is 0.119 e. The fourth-order valence-electron chi connectivity index (χ4n) is 4.40. The minimum Gasteiger partial charge on any atom is -0.492 e. The average Bonchev–Trinajstić information content (AvgIpc) is 3.03. The molecule has 2 fully saturated rings. The molecule has 0 aliphatic carbocycles. The fourth-order valence-corrected chi connectivity index (χ4v) is 4.40. The van der Waals surface area contributed by atoms with Crippen molar-refractivity contribution in [1.82, 2.24) is 4.90 Å². The number of hydrogen-bond acceptors (Lipinski definition) is 4. The molecule has 0 spiro atoms. The lowest BCUT2D eigenvalue weighted by Crippen LogP contribution is -2.47. The minimum atomic E-state index is -0.216. The quantitative estimate of drug-likeness (QED) is 0.857. The molecular weight excluding hydrogens is 314 g/mol. The van der Waals surface area contributed by atoms with Crippen molar-refractivity contribution < 1.29 is 14.6 Å². The summed E-state index contributed by atoms with van der Waals surface area (Å²) in [6.45, 7) is 10.7. The molecule has 3 atom stereocenters. The molecule has 0 bridgehead atoms. The first-order chi connectivity index (χ1) is 12.1. The summed E-state index contributed by atoms with van der Waals surface area (Å²) < 4.78 is 11.6. The molecule has 2 aliphatic rings. The van der Waals surface area contributed by atoms with E-state index in [0.29, 0.717) is 31.8 Å². The normalized spacial score (nSPS) is 27.8. The third-order valence-electron chi connectivity index (χ3n) is 5.78. The highest BCUT2D eigenvalue weighted by molar-refractivity contribution is 5.36. The first kappa shape index (κ1) is 18.7. The van der Waals surface area contributed by atoms with Crippen LogP contribution in [0.5, 0.6) is 5.75 Å². The van der Waals surface area contributed by atoms with Crippen LogP contribution in [0.4, 0.5) is 0 Å². The van der Waals surface area contributed by atoms with Crippen molar-refractivity contribution in [3.63, 3.8) is 0 Å². The third kappa shape index (κ3) is 4.55. The van der Waals surface area contributed by atoms with Crippen LogP contribution in [0.2, 0.25) is 0 Å². The SMILES string of the molecule is Cc1cc(OCCN2CCC[C@@H]2[C@@H]2COCC[C@@H]2O)ccc1C(C)C. The van der Waals surface area contributed by atoms with Crippen LogP contribution in [0.15, 0.2) is 18.2 Å². The van der Waals surface area contributed by atoms with Crippen molar-refractivity contribution in [2.45, 2.75) is 58.1 Å². The predicted molar refractivity (Wildman–Crippen MR) is 100 cm³/mol. The molecule has 2 heterocycles. The van der Waals surface area contributed by atoms with Crippen LogP contribution in [0.25, 0.3) is 0 Å². The maximum absolute atomic E-state index is 10.3. The van der Waals surface area contributed by atoms with Gasteiger partial charge in [0.25, 0.3) is 0 Å². The first-order valence-corrected chi connectivity index (χ1v) is 9.79. The van der Waals surface area contributed by atoms with Crippen LogP contribution in [0.3, 0.4) is 0 Å². The van der Waals surface area contributed by atoms with Crippen LogP contribution < -0.4 is 4.74 Å². The molecule has 0 saturated carbocycles. The summed E-state index contributed by atoms with van der Waals surface area (Å²) in [5.41, 5.74) is 2.69. The molecule has 0 radical (unpaired) electrons. The van der Waals surface area contributed by atoms with Gasteiger partial charge in [-0.1, -0.05) is 19.9 Å². The molecule has 0 aromatic heterocycles. The molecule has 0 unspecified atom stereocenters. The average molecular weight is 347 g/mol. The van der Waals surface area contributed by atoms with Gasteiger partial charge in [0.15, 0.2) is 0 Å². The van der Waals surface area contributed by atoms with Crippen molar-refractivity contribution >= 4 is 0 Å². The zero-order chi connectivity index (χ0) is 17.8. The van der Waals surface area contributed by atoms with Gasteiger partial charge in [-0.3, -0.25) is 4.90 Å². The molecule has 2 aliphatic heterocycles. The van der Waals surface area contributed by atoms with Gasteiger partial charge < -0.3 is 14.6 Å². The second-order valence-corrected chi connectivity index (χ2v) is 7.86. The van der Waals surface area contributed by atoms with Gasteiger partial charge in [-0.15, -0.1) is 0 Å². The zero-order valence-corrected chi connectivity index (χ0v) is 15.9. The van der Waals surface area contributed by atoms with Gasteiger partial charge in [-0.2, -0.15) is 0 Å². The van der Waals surface area contributed by atoms with Crippen molar-refractivity contribution in [3.05, 3.63) is 29.3 Å². The largest absolute Gasteiger partial charge is 0.492 e. The highest BCUT2D eigenvalue weighted by Gasteiger charge is 2.37. The van der Waals surface area contributed by atoms with Crippen molar-refractivity contribution in [1.29, 1.82) is 0 Å². The molecule has 4 nitrogen and oxygen atoms in total. The van der Waals surface area contributed by atoms with Gasteiger partial charge >= 0.3 is 0 Å². The lowest BCUT2D eigenvalue weighted by molar-refractivity contribution is -0.0634. The fraction of sp³-hybridized carbons (Fsp3) is 0.714. The highest BCUT2D eigenvalue weighted by atomic mass is 16.5. The number of ether oxygens (including phenoxy) is 2. The van der Waals surface area contributed by atoms with E-state index in [0.717, 1.165) is 31.7 Å². The predicted octanol–water partition coefficient (Wildman–Crippen LogP) is 3.36. The Morgan fingerprint density at radius 2 is 2.16 bits per heavy atom. The van der Waals surface area contributed by atoms with Gasteiger partial charge in [-0.05, 0) is 61.9 Å².